The molecule has 1 aliphatic rings. The molecule has 2 heterocycles. The van der Waals surface area contributed by atoms with Gasteiger partial charge >= 0.3 is 0 Å². The number of nitrogens with one attached hydrogen (secondary N) is 1. The van der Waals surface area contributed by atoms with Crippen molar-refractivity contribution in [3.63, 3.8) is 0 Å². The lowest BCUT2D eigenvalue weighted by Crippen LogP contribution is -2.52. The van der Waals surface area contributed by atoms with E-state index in [4.69, 9.17) is 4.42 Å². The molecule has 0 bridgehead atoms. The Labute approximate surface area is 128 Å². The van der Waals surface area contributed by atoms with E-state index in [0.29, 0.717) is 17.4 Å². The number of hydrogen-bond acceptors (Lipinski definition) is 4. The zero-order chi connectivity index (χ0) is 15.5. The summed E-state index contributed by atoms with van der Waals surface area (Å²) in [5.41, 5.74) is -0.303. The molecule has 1 fully saturated rings. The molecule has 21 heavy (non-hydrogen) atoms. The van der Waals surface area contributed by atoms with Gasteiger partial charge in [0.2, 0.25) is 11.8 Å². The Balaban J connectivity index is 2.01. The molecule has 6 heteroatoms. The first-order valence-electron chi connectivity index (χ1n) is 6.79. The second-order valence-electron chi connectivity index (χ2n) is 5.91. The molecule has 2 rings (SSSR count). The highest BCUT2D eigenvalue weighted by atomic mass is 32.2. The van der Waals surface area contributed by atoms with Crippen molar-refractivity contribution < 1.29 is 14.0 Å². The van der Waals surface area contributed by atoms with E-state index in [1.165, 1.54) is 6.08 Å². The van der Waals surface area contributed by atoms with Crippen LogP contribution in [0.5, 0.6) is 0 Å². The highest BCUT2D eigenvalue weighted by Gasteiger charge is 2.34. The average Bonchev–Trinajstić information content (AvgIpc) is 3.05. The molecule has 1 saturated heterocycles. The van der Waals surface area contributed by atoms with Crippen LogP contribution in [-0.4, -0.2) is 39.9 Å². The summed E-state index contributed by atoms with van der Waals surface area (Å²) in [5, 5.41) is 2.93. The maximum absolute atomic E-state index is 12.2. The van der Waals surface area contributed by atoms with Crippen molar-refractivity contribution in [1.29, 1.82) is 0 Å². The fourth-order valence-corrected chi connectivity index (χ4v) is 3.13. The lowest BCUT2D eigenvalue weighted by atomic mass is 10.1. The van der Waals surface area contributed by atoms with Gasteiger partial charge in [0.15, 0.2) is 0 Å². The molecule has 1 atom stereocenters. The Hall–Kier alpha value is -1.69. The van der Waals surface area contributed by atoms with Crippen LogP contribution in [0, 0.1) is 0 Å². The van der Waals surface area contributed by atoms with Gasteiger partial charge in [-0.1, -0.05) is 0 Å². The monoisotopic (exact) mass is 308 g/mol. The summed E-state index contributed by atoms with van der Waals surface area (Å²) in [6.07, 6.45) is 4.61. The number of thioether (sulfide) groups is 1. The standard InChI is InChI=1S/C15H20N2O3S/c1-15(2,3)16-14(19)12-9-21-10-17(12)13(18)7-6-11-5-4-8-20-11/h4-8,12H,9-10H2,1-3H3,(H,16,19)/b7-6-/t12-/m1/s1. The van der Waals surface area contributed by atoms with Gasteiger partial charge in [-0.2, -0.15) is 0 Å². The van der Waals surface area contributed by atoms with Gasteiger partial charge in [0.25, 0.3) is 0 Å². The molecule has 0 aliphatic carbocycles. The fraction of sp³-hybridized carbons (Fsp3) is 0.467. The van der Waals surface area contributed by atoms with E-state index >= 15 is 0 Å². The van der Waals surface area contributed by atoms with Gasteiger partial charge in [-0.05, 0) is 39.0 Å². The largest absolute Gasteiger partial charge is 0.465 e. The maximum Gasteiger partial charge on any atom is 0.248 e. The summed E-state index contributed by atoms with van der Waals surface area (Å²) in [6.45, 7) is 5.78. The number of amides is 2. The highest BCUT2D eigenvalue weighted by Crippen LogP contribution is 2.22. The summed E-state index contributed by atoms with van der Waals surface area (Å²) < 4.78 is 5.14. The molecule has 0 aromatic carbocycles. The van der Waals surface area contributed by atoms with Crippen LogP contribution in [0.4, 0.5) is 0 Å². The van der Waals surface area contributed by atoms with Crippen molar-refractivity contribution in [2.24, 2.45) is 0 Å². The first kappa shape index (κ1) is 15.7. The lowest BCUT2D eigenvalue weighted by Gasteiger charge is -2.27. The Morgan fingerprint density at radius 3 is 2.86 bits per heavy atom. The molecule has 1 aromatic heterocycles. The molecule has 1 N–H and O–H groups in total. The Kier molecular flexibility index (Phi) is 4.77. The highest BCUT2D eigenvalue weighted by molar-refractivity contribution is 7.99. The van der Waals surface area contributed by atoms with E-state index in [0.717, 1.165) is 0 Å². The second kappa shape index (κ2) is 6.39. The van der Waals surface area contributed by atoms with Crippen molar-refractivity contribution in [3.05, 3.63) is 30.2 Å². The minimum atomic E-state index is -0.414. The number of hydrogen-bond donors (Lipinski definition) is 1. The van der Waals surface area contributed by atoms with Gasteiger partial charge in [-0.15, -0.1) is 11.8 Å². The Morgan fingerprint density at radius 2 is 2.24 bits per heavy atom. The molecular weight excluding hydrogens is 288 g/mol. The molecule has 2 amide bonds. The molecule has 0 saturated carbocycles. The molecule has 0 spiro atoms. The van der Waals surface area contributed by atoms with Crippen LogP contribution in [0.1, 0.15) is 26.5 Å². The maximum atomic E-state index is 12.2. The van der Waals surface area contributed by atoms with E-state index in [9.17, 15) is 9.59 Å². The predicted molar refractivity (Wildman–Crippen MR) is 83.6 cm³/mol. The van der Waals surface area contributed by atoms with Gasteiger partial charge < -0.3 is 14.6 Å². The van der Waals surface area contributed by atoms with Gasteiger partial charge in [-0.25, -0.2) is 0 Å². The zero-order valence-electron chi connectivity index (χ0n) is 12.5. The fourth-order valence-electron chi connectivity index (χ4n) is 1.97. The second-order valence-corrected chi connectivity index (χ2v) is 6.91. The van der Waals surface area contributed by atoms with Gasteiger partial charge in [0, 0.05) is 17.4 Å². The third-order valence-corrected chi connectivity index (χ3v) is 3.91. The van der Waals surface area contributed by atoms with E-state index in [1.807, 2.05) is 20.8 Å². The van der Waals surface area contributed by atoms with Crippen molar-refractivity contribution in [1.82, 2.24) is 10.2 Å². The van der Waals surface area contributed by atoms with E-state index in [-0.39, 0.29) is 17.4 Å². The van der Waals surface area contributed by atoms with Crippen molar-refractivity contribution >= 4 is 29.7 Å². The minimum absolute atomic E-state index is 0.104. The van der Waals surface area contributed by atoms with Crippen LogP contribution in [0.2, 0.25) is 0 Å². The first-order chi connectivity index (χ1) is 9.87. The molecule has 1 aliphatic heterocycles. The summed E-state index contributed by atoms with van der Waals surface area (Å²) in [7, 11) is 0. The number of carbonyl (C=O) groups excluding carboxylic acids is 2. The summed E-state index contributed by atoms with van der Waals surface area (Å²) >= 11 is 1.58. The van der Waals surface area contributed by atoms with E-state index < -0.39 is 6.04 Å². The summed E-state index contributed by atoms with van der Waals surface area (Å²) in [4.78, 5) is 26.1. The van der Waals surface area contributed by atoms with Crippen LogP contribution in [0.15, 0.2) is 28.9 Å². The predicted octanol–water partition coefficient (Wildman–Crippen LogP) is 2.11. The summed E-state index contributed by atoms with van der Waals surface area (Å²) in [5.74, 6) is 1.50. The van der Waals surface area contributed by atoms with Crippen molar-refractivity contribution in [2.45, 2.75) is 32.4 Å². The van der Waals surface area contributed by atoms with Gasteiger partial charge in [0.05, 0.1) is 12.1 Å². The van der Waals surface area contributed by atoms with E-state index in [2.05, 4.69) is 5.32 Å². The smallest absolute Gasteiger partial charge is 0.248 e. The quantitative estimate of drug-likeness (QED) is 0.869. The first-order valence-corrected chi connectivity index (χ1v) is 7.94. The molecule has 1 aromatic rings. The van der Waals surface area contributed by atoms with Gasteiger partial charge in [-0.3, -0.25) is 9.59 Å². The third-order valence-electron chi connectivity index (χ3n) is 2.90. The SMILES string of the molecule is CC(C)(C)NC(=O)[C@H]1CSCN1C(=O)/C=C\c1ccco1. The summed E-state index contributed by atoms with van der Waals surface area (Å²) in [6, 6.07) is 3.12. The van der Waals surface area contributed by atoms with Crippen LogP contribution >= 0.6 is 11.8 Å². The van der Waals surface area contributed by atoms with Crippen LogP contribution < -0.4 is 5.32 Å². The lowest BCUT2D eigenvalue weighted by molar-refractivity contribution is -0.135. The van der Waals surface area contributed by atoms with Crippen LogP contribution in [0.3, 0.4) is 0 Å². The van der Waals surface area contributed by atoms with E-state index in [1.54, 1.807) is 41.1 Å². The number of carbonyl (C=O) groups is 2. The minimum Gasteiger partial charge on any atom is -0.465 e. The number of furan rings is 1. The van der Waals surface area contributed by atoms with Gasteiger partial charge in [0.1, 0.15) is 11.8 Å². The molecule has 0 unspecified atom stereocenters. The Morgan fingerprint density at radius 1 is 1.48 bits per heavy atom. The molecular formula is C15H20N2O3S. The molecule has 114 valence electrons. The Bertz CT molecular complexity index is 532. The molecule has 5 nitrogen and oxygen atoms in total. The topological polar surface area (TPSA) is 62.6 Å². The van der Waals surface area contributed by atoms with Crippen LogP contribution in [-0.2, 0) is 9.59 Å². The van der Waals surface area contributed by atoms with Crippen molar-refractivity contribution in [3.8, 4) is 0 Å². The van der Waals surface area contributed by atoms with Crippen molar-refractivity contribution in [2.75, 3.05) is 11.6 Å². The molecule has 0 radical (unpaired) electrons. The number of nitrogens with zero attached hydrogens (tertiary/aromatic N) is 1. The average molecular weight is 308 g/mol. The normalized spacial score (nSPS) is 19.2. The zero-order valence-corrected chi connectivity index (χ0v) is 13.3. The number of rotatable bonds is 3. The third kappa shape index (κ3) is 4.39. The van der Waals surface area contributed by atoms with Crippen LogP contribution in [0.25, 0.3) is 6.08 Å².